The molecule has 0 fully saturated rings. The fourth-order valence-corrected chi connectivity index (χ4v) is 1.86. The molecule has 2 rings (SSSR count). The average Bonchev–Trinajstić information content (AvgIpc) is 2.42. The van der Waals surface area contributed by atoms with Gasteiger partial charge in [0.25, 0.3) is 0 Å². The van der Waals surface area contributed by atoms with Crippen molar-refractivity contribution in [2.45, 2.75) is 32.6 Å². The lowest BCUT2D eigenvalue weighted by Crippen LogP contribution is -1.97. The molecule has 0 bridgehead atoms. The molecule has 4 heteroatoms. The topological polar surface area (TPSA) is 49.7 Å². The van der Waals surface area contributed by atoms with Gasteiger partial charge in [-0.3, -0.25) is 0 Å². The van der Waals surface area contributed by atoms with Crippen molar-refractivity contribution in [2.24, 2.45) is 0 Å². The van der Waals surface area contributed by atoms with Crippen LogP contribution >= 0.6 is 0 Å². The lowest BCUT2D eigenvalue weighted by atomic mass is 10.1. The molecule has 2 N–H and O–H groups in total. The summed E-state index contributed by atoms with van der Waals surface area (Å²) >= 11 is 0. The fourth-order valence-electron chi connectivity index (χ4n) is 1.86. The maximum absolute atomic E-state index is 13.0. The minimum absolute atomic E-state index is 0.106. The monoisotopic (exact) mass is 280 g/mol. The van der Waals surface area contributed by atoms with Gasteiger partial charge in [0.05, 0.1) is 0 Å². The third-order valence-corrected chi connectivity index (χ3v) is 2.73. The van der Waals surface area contributed by atoms with Crippen molar-refractivity contribution < 1.29 is 19.3 Å². The smallest absolute Gasteiger partial charge is 0.140 e. The first kappa shape index (κ1) is 16.4. The summed E-state index contributed by atoms with van der Waals surface area (Å²) in [6, 6.07) is 7.99. The van der Waals surface area contributed by atoms with Crippen LogP contribution in [0.5, 0.6) is 5.75 Å². The number of benzene rings is 1. The van der Waals surface area contributed by atoms with E-state index >= 15 is 0 Å². The maximum atomic E-state index is 13.0. The second-order valence-electron chi connectivity index (χ2n) is 4.37. The maximum Gasteiger partial charge on any atom is 0.140 e. The van der Waals surface area contributed by atoms with Crippen LogP contribution in [0.3, 0.4) is 0 Å². The van der Waals surface area contributed by atoms with E-state index in [9.17, 15) is 4.39 Å². The van der Waals surface area contributed by atoms with Gasteiger partial charge in [-0.05, 0) is 36.6 Å². The van der Waals surface area contributed by atoms with Crippen LogP contribution < -0.4 is 4.74 Å². The molecule has 0 unspecified atom stereocenters. The highest BCUT2D eigenvalue weighted by Crippen LogP contribution is 2.22. The van der Waals surface area contributed by atoms with Crippen molar-refractivity contribution in [1.29, 1.82) is 0 Å². The first-order valence-corrected chi connectivity index (χ1v) is 6.74. The molecule has 0 aliphatic heterocycles. The van der Waals surface area contributed by atoms with Gasteiger partial charge in [-0.1, -0.05) is 25.5 Å². The molecule has 20 heavy (non-hydrogen) atoms. The number of halogens is 1. The third kappa shape index (κ3) is 5.99. The number of rotatable bonds is 4. The van der Waals surface area contributed by atoms with Gasteiger partial charge in [-0.15, -0.1) is 0 Å². The summed E-state index contributed by atoms with van der Waals surface area (Å²) in [5, 5.41) is 14.2. The van der Waals surface area contributed by atoms with E-state index < -0.39 is 6.79 Å². The van der Waals surface area contributed by atoms with Crippen molar-refractivity contribution in [3.05, 3.63) is 53.6 Å². The van der Waals surface area contributed by atoms with E-state index in [1.807, 2.05) is 18.2 Å². The van der Waals surface area contributed by atoms with Crippen LogP contribution in [0.25, 0.3) is 0 Å². The van der Waals surface area contributed by atoms with Crippen molar-refractivity contribution in [2.75, 3.05) is 6.79 Å². The highest BCUT2D eigenvalue weighted by Gasteiger charge is 2.06. The minimum atomic E-state index is -0.750. The van der Waals surface area contributed by atoms with Gasteiger partial charge in [-0.2, -0.15) is 0 Å². The minimum Gasteiger partial charge on any atom is -0.458 e. The van der Waals surface area contributed by atoms with Gasteiger partial charge in [-0.25, -0.2) is 4.39 Å². The van der Waals surface area contributed by atoms with E-state index in [1.54, 1.807) is 0 Å². The first-order chi connectivity index (χ1) is 9.69. The fraction of sp³-hybridized carbons (Fsp3) is 0.375. The van der Waals surface area contributed by atoms with Crippen LogP contribution in [-0.4, -0.2) is 17.0 Å². The zero-order valence-corrected chi connectivity index (χ0v) is 11.7. The van der Waals surface area contributed by atoms with Crippen molar-refractivity contribution in [3.8, 4) is 5.75 Å². The van der Waals surface area contributed by atoms with E-state index in [4.69, 9.17) is 14.9 Å². The molecule has 110 valence electrons. The van der Waals surface area contributed by atoms with Crippen molar-refractivity contribution in [3.63, 3.8) is 0 Å². The van der Waals surface area contributed by atoms with Crippen LogP contribution in [-0.2, 0) is 6.42 Å². The predicted molar refractivity (Wildman–Crippen MR) is 76.9 cm³/mol. The Morgan fingerprint density at radius 1 is 1.20 bits per heavy atom. The summed E-state index contributed by atoms with van der Waals surface area (Å²) in [6.07, 6.45) is 6.80. The Labute approximate surface area is 119 Å². The standard InChI is InChI=1S/C15H17FO.CH4O2/c1-2-4-12-7-9-14(10-8-12)17-15-6-3-5-13(16)11-15;2-1-3/h6-11H,2-5H2,1H3;2-3H,1H2. The summed E-state index contributed by atoms with van der Waals surface area (Å²) in [7, 11) is 0. The molecule has 0 heterocycles. The Balaban J connectivity index is 0.000000612. The Morgan fingerprint density at radius 3 is 2.40 bits per heavy atom. The Bertz CT molecular complexity index is 449. The van der Waals surface area contributed by atoms with Crippen LogP contribution in [0.2, 0.25) is 0 Å². The molecule has 0 amide bonds. The first-order valence-electron chi connectivity index (χ1n) is 6.74. The van der Waals surface area contributed by atoms with E-state index in [0.717, 1.165) is 18.6 Å². The van der Waals surface area contributed by atoms with Crippen LogP contribution in [0.1, 0.15) is 31.7 Å². The molecule has 1 aliphatic carbocycles. The highest BCUT2D eigenvalue weighted by molar-refractivity contribution is 5.31. The summed E-state index contributed by atoms with van der Waals surface area (Å²) in [4.78, 5) is 0. The van der Waals surface area contributed by atoms with Crippen LogP contribution in [0.4, 0.5) is 4.39 Å². The molecule has 0 saturated carbocycles. The summed E-state index contributed by atoms with van der Waals surface area (Å²) in [6.45, 7) is 1.41. The molecule has 0 radical (unpaired) electrons. The molecule has 0 spiro atoms. The van der Waals surface area contributed by atoms with E-state index in [1.165, 1.54) is 11.6 Å². The van der Waals surface area contributed by atoms with Gasteiger partial charge >= 0.3 is 0 Å². The Kier molecular flexibility index (Phi) is 7.62. The zero-order chi connectivity index (χ0) is 14.8. The molecule has 3 nitrogen and oxygen atoms in total. The van der Waals surface area contributed by atoms with Crippen LogP contribution in [0, 0.1) is 0 Å². The lowest BCUT2D eigenvalue weighted by Gasteiger charge is -2.11. The van der Waals surface area contributed by atoms with Gasteiger partial charge < -0.3 is 14.9 Å². The van der Waals surface area contributed by atoms with Gasteiger partial charge in [0, 0.05) is 12.5 Å². The van der Waals surface area contributed by atoms with Gasteiger partial charge in [0.15, 0.2) is 0 Å². The van der Waals surface area contributed by atoms with Gasteiger partial charge in [0.1, 0.15) is 24.1 Å². The summed E-state index contributed by atoms with van der Waals surface area (Å²) in [5.41, 5.74) is 1.30. The number of hydrogen-bond donors (Lipinski definition) is 2. The van der Waals surface area contributed by atoms with Crippen LogP contribution in [0.15, 0.2) is 48.0 Å². The molecule has 1 aromatic carbocycles. The summed E-state index contributed by atoms with van der Waals surface area (Å²) in [5.74, 6) is 1.27. The molecule has 0 atom stereocenters. The van der Waals surface area contributed by atoms with Crippen molar-refractivity contribution in [1.82, 2.24) is 0 Å². The zero-order valence-electron chi connectivity index (χ0n) is 11.7. The third-order valence-electron chi connectivity index (χ3n) is 2.73. The molecular formula is C16H21FO3. The van der Waals surface area contributed by atoms with E-state index in [-0.39, 0.29) is 5.83 Å². The Morgan fingerprint density at radius 2 is 1.85 bits per heavy atom. The molecule has 0 saturated heterocycles. The number of aliphatic hydroxyl groups is 2. The highest BCUT2D eigenvalue weighted by atomic mass is 19.1. The average molecular weight is 280 g/mol. The lowest BCUT2D eigenvalue weighted by molar-refractivity contribution is 0.0773. The Hall–Kier alpha value is -1.65. The molecule has 0 aromatic heterocycles. The second kappa shape index (κ2) is 9.28. The van der Waals surface area contributed by atoms with E-state index in [2.05, 4.69) is 19.1 Å². The normalized spacial score (nSPS) is 13.8. The number of aryl methyl sites for hydroxylation is 1. The number of ether oxygens (including phenoxy) is 1. The van der Waals surface area contributed by atoms with Gasteiger partial charge in [0.2, 0.25) is 0 Å². The number of hydrogen-bond acceptors (Lipinski definition) is 3. The second-order valence-corrected chi connectivity index (χ2v) is 4.37. The predicted octanol–water partition coefficient (Wildman–Crippen LogP) is 3.48. The SMILES string of the molecule is CCCc1ccc(OC2=CCCC(F)=C2)cc1.OCO. The molecule has 1 aliphatic rings. The largest absolute Gasteiger partial charge is 0.458 e. The molecular weight excluding hydrogens is 259 g/mol. The number of aliphatic hydroxyl groups excluding tert-OH is 1. The van der Waals surface area contributed by atoms with E-state index in [0.29, 0.717) is 18.6 Å². The quantitative estimate of drug-likeness (QED) is 0.830. The summed E-state index contributed by atoms with van der Waals surface area (Å²) < 4.78 is 18.6. The number of allylic oxidation sites excluding steroid dienone is 3. The molecule has 1 aromatic rings. The van der Waals surface area contributed by atoms with Crippen molar-refractivity contribution >= 4 is 0 Å².